The van der Waals surface area contributed by atoms with Crippen LogP contribution in [0.2, 0.25) is 0 Å². The van der Waals surface area contributed by atoms with Gasteiger partial charge in [0, 0.05) is 24.0 Å². The molecule has 0 saturated heterocycles. The van der Waals surface area contributed by atoms with Crippen molar-refractivity contribution in [3.05, 3.63) is 90.3 Å². The van der Waals surface area contributed by atoms with Crippen molar-refractivity contribution in [2.24, 2.45) is 7.05 Å². The lowest BCUT2D eigenvalue weighted by Gasteiger charge is -2.09. The Hall–Kier alpha value is -3.66. The highest BCUT2D eigenvalue weighted by atomic mass is 16.2. The van der Waals surface area contributed by atoms with Gasteiger partial charge in [-0.15, -0.1) is 0 Å². The maximum Gasteiger partial charge on any atom is 0.298 e. The summed E-state index contributed by atoms with van der Waals surface area (Å²) in [5, 5.41) is 4.83. The number of nitrogens with one attached hydrogen (secondary N) is 1. The Morgan fingerprint density at radius 1 is 0.821 bits per heavy atom. The van der Waals surface area contributed by atoms with E-state index < -0.39 is 11.7 Å². The fraction of sp³-hybridized carbons (Fsp3) is 0.0833. The quantitative estimate of drug-likeness (QED) is 0.408. The van der Waals surface area contributed by atoms with Crippen LogP contribution in [0.5, 0.6) is 0 Å². The molecule has 0 aliphatic rings. The topological polar surface area (TPSA) is 51.1 Å². The zero-order valence-corrected chi connectivity index (χ0v) is 15.8. The molecule has 0 saturated carbocycles. The standard InChI is InChI=1S/C24H20N2O2/c1-16-14-21(18-9-4-3-5-10-18)22(26(16)2)23(27)24(28)25-20-13-12-17-8-6-7-11-19(17)15-20/h3-15H,1-2H3,(H,25,28). The Bertz CT molecular complexity index is 1190. The molecule has 4 rings (SSSR count). The molecule has 0 atom stereocenters. The number of aromatic nitrogens is 1. The van der Waals surface area contributed by atoms with Gasteiger partial charge in [0.15, 0.2) is 0 Å². The van der Waals surface area contributed by atoms with Gasteiger partial charge in [0.2, 0.25) is 0 Å². The third-order valence-corrected chi connectivity index (χ3v) is 4.99. The van der Waals surface area contributed by atoms with Gasteiger partial charge in [-0.2, -0.15) is 0 Å². The molecule has 0 fully saturated rings. The highest BCUT2D eigenvalue weighted by Crippen LogP contribution is 2.27. The summed E-state index contributed by atoms with van der Waals surface area (Å²) in [4.78, 5) is 25.7. The monoisotopic (exact) mass is 368 g/mol. The normalized spacial score (nSPS) is 10.8. The second-order valence-corrected chi connectivity index (χ2v) is 6.82. The van der Waals surface area contributed by atoms with Gasteiger partial charge in [-0.05, 0) is 41.5 Å². The third kappa shape index (κ3) is 3.21. The van der Waals surface area contributed by atoms with Crippen LogP contribution < -0.4 is 5.32 Å². The minimum absolute atomic E-state index is 0.391. The Morgan fingerprint density at radius 3 is 2.25 bits per heavy atom. The molecule has 0 radical (unpaired) electrons. The smallest absolute Gasteiger partial charge is 0.298 e. The number of carbonyl (C=O) groups excluding carboxylic acids is 2. The van der Waals surface area contributed by atoms with Crippen molar-refractivity contribution in [3.63, 3.8) is 0 Å². The minimum Gasteiger partial charge on any atom is -0.345 e. The van der Waals surface area contributed by atoms with Crippen molar-refractivity contribution in [1.82, 2.24) is 4.57 Å². The summed E-state index contributed by atoms with van der Waals surface area (Å²) in [6.45, 7) is 1.92. The molecule has 0 spiro atoms. The molecule has 4 heteroatoms. The van der Waals surface area contributed by atoms with Crippen LogP contribution in [-0.2, 0) is 11.8 Å². The van der Waals surface area contributed by atoms with Gasteiger partial charge < -0.3 is 9.88 Å². The van der Waals surface area contributed by atoms with Gasteiger partial charge in [-0.3, -0.25) is 9.59 Å². The number of rotatable bonds is 4. The number of anilines is 1. The predicted molar refractivity (Wildman–Crippen MR) is 112 cm³/mol. The summed E-state index contributed by atoms with van der Waals surface area (Å²) in [6.07, 6.45) is 0. The van der Waals surface area contributed by atoms with E-state index in [4.69, 9.17) is 0 Å². The maximum absolute atomic E-state index is 13.0. The summed E-state index contributed by atoms with van der Waals surface area (Å²) >= 11 is 0. The molecular weight excluding hydrogens is 348 g/mol. The van der Waals surface area contributed by atoms with E-state index in [1.165, 1.54) is 0 Å². The molecule has 3 aromatic carbocycles. The SMILES string of the molecule is Cc1cc(-c2ccccc2)c(C(=O)C(=O)Nc2ccc3ccccc3c2)n1C. The average Bonchev–Trinajstić information content (AvgIpc) is 3.02. The van der Waals surface area contributed by atoms with Gasteiger partial charge >= 0.3 is 0 Å². The maximum atomic E-state index is 13.0. The van der Waals surface area contributed by atoms with E-state index in [0.29, 0.717) is 11.4 Å². The van der Waals surface area contributed by atoms with E-state index in [9.17, 15) is 9.59 Å². The van der Waals surface area contributed by atoms with E-state index in [2.05, 4.69) is 5.32 Å². The minimum atomic E-state index is -0.645. The van der Waals surface area contributed by atoms with Crippen LogP contribution in [0.25, 0.3) is 21.9 Å². The largest absolute Gasteiger partial charge is 0.345 e. The van der Waals surface area contributed by atoms with E-state index in [0.717, 1.165) is 27.6 Å². The van der Waals surface area contributed by atoms with Crippen LogP contribution in [0.4, 0.5) is 5.69 Å². The highest BCUT2D eigenvalue weighted by Gasteiger charge is 2.25. The summed E-state index contributed by atoms with van der Waals surface area (Å²) in [5.74, 6) is -1.20. The lowest BCUT2D eigenvalue weighted by Crippen LogP contribution is -2.25. The molecule has 1 heterocycles. The molecule has 1 amide bonds. The molecule has 0 unspecified atom stereocenters. The number of aryl methyl sites for hydroxylation is 1. The number of fused-ring (bicyclic) bond motifs is 1. The molecule has 4 nitrogen and oxygen atoms in total. The lowest BCUT2D eigenvalue weighted by molar-refractivity contribution is -0.112. The Kier molecular flexibility index (Phi) is 4.53. The van der Waals surface area contributed by atoms with Gasteiger partial charge in [0.25, 0.3) is 11.7 Å². The summed E-state index contributed by atoms with van der Waals surface area (Å²) < 4.78 is 1.77. The third-order valence-electron chi connectivity index (χ3n) is 4.99. The number of Topliss-reactive ketones (excluding diaryl/α,β-unsaturated/α-hetero) is 1. The fourth-order valence-electron chi connectivity index (χ4n) is 3.41. The molecule has 28 heavy (non-hydrogen) atoms. The van der Waals surface area contributed by atoms with E-state index in [1.807, 2.05) is 85.8 Å². The first-order valence-corrected chi connectivity index (χ1v) is 9.11. The second-order valence-electron chi connectivity index (χ2n) is 6.82. The molecule has 0 aliphatic carbocycles. The first-order valence-electron chi connectivity index (χ1n) is 9.11. The van der Waals surface area contributed by atoms with Crippen LogP contribution in [0.1, 0.15) is 16.2 Å². The number of ketones is 1. The molecular formula is C24H20N2O2. The molecule has 1 aromatic heterocycles. The number of amides is 1. The summed E-state index contributed by atoms with van der Waals surface area (Å²) in [7, 11) is 1.80. The number of carbonyl (C=O) groups is 2. The van der Waals surface area contributed by atoms with Gasteiger partial charge in [-0.25, -0.2) is 0 Å². The first-order chi connectivity index (χ1) is 13.5. The van der Waals surface area contributed by atoms with Crippen molar-refractivity contribution >= 4 is 28.2 Å². The fourth-order valence-corrected chi connectivity index (χ4v) is 3.41. The van der Waals surface area contributed by atoms with Crippen molar-refractivity contribution in [2.75, 3.05) is 5.32 Å². The zero-order chi connectivity index (χ0) is 19.7. The van der Waals surface area contributed by atoms with Gasteiger partial charge in [0.05, 0.1) is 0 Å². The second kappa shape index (κ2) is 7.16. The molecule has 4 aromatic rings. The average molecular weight is 368 g/mol. The summed E-state index contributed by atoms with van der Waals surface area (Å²) in [6, 6.07) is 25.1. The molecule has 138 valence electrons. The van der Waals surface area contributed by atoms with Gasteiger partial charge in [-0.1, -0.05) is 60.7 Å². The molecule has 0 bridgehead atoms. The van der Waals surface area contributed by atoms with Crippen LogP contribution in [0, 0.1) is 6.92 Å². The van der Waals surface area contributed by atoms with E-state index in [1.54, 1.807) is 11.6 Å². The Morgan fingerprint density at radius 2 is 1.50 bits per heavy atom. The Labute approximate surface area is 163 Å². The Balaban J connectivity index is 1.66. The zero-order valence-electron chi connectivity index (χ0n) is 15.8. The van der Waals surface area contributed by atoms with Crippen molar-refractivity contribution in [3.8, 4) is 11.1 Å². The number of nitrogens with zero attached hydrogens (tertiary/aromatic N) is 1. The number of hydrogen-bond donors (Lipinski definition) is 1. The summed E-state index contributed by atoms with van der Waals surface area (Å²) in [5.41, 5.74) is 3.58. The molecule has 0 aliphatic heterocycles. The van der Waals surface area contributed by atoms with Crippen molar-refractivity contribution in [2.45, 2.75) is 6.92 Å². The van der Waals surface area contributed by atoms with Crippen LogP contribution in [-0.4, -0.2) is 16.3 Å². The van der Waals surface area contributed by atoms with Crippen LogP contribution in [0.15, 0.2) is 78.9 Å². The lowest BCUT2D eigenvalue weighted by atomic mass is 10.0. The van der Waals surface area contributed by atoms with E-state index in [-0.39, 0.29) is 0 Å². The van der Waals surface area contributed by atoms with Crippen molar-refractivity contribution in [1.29, 1.82) is 0 Å². The number of benzene rings is 3. The molecule has 1 N–H and O–H groups in total. The first kappa shape index (κ1) is 17.7. The predicted octanol–water partition coefficient (Wildman–Crippen LogP) is 4.98. The van der Waals surface area contributed by atoms with E-state index >= 15 is 0 Å². The van der Waals surface area contributed by atoms with Crippen LogP contribution >= 0.6 is 0 Å². The number of hydrogen-bond acceptors (Lipinski definition) is 2. The van der Waals surface area contributed by atoms with Crippen LogP contribution in [0.3, 0.4) is 0 Å². The van der Waals surface area contributed by atoms with Crippen molar-refractivity contribution < 1.29 is 9.59 Å². The highest BCUT2D eigenvalue weighted by molar-refractivity contribution is 6.47. The van der Waals surface area contributed by atoms with Gasteiger partial charge in [0.1, 0.15) is 5.69 Å².